The van der Waals surface area contributed by atoms with E-state index in [1.165, 1.54) is 6.07 Å². The Morgan fingerprint density at radius 2 is 2.00 bits per heavy atom. The Morgan fingerprint density at radius 3 is 2.60 bits per heavy atom. The molecular weight excluding hydrogens is 275 g/mol. The average Bonchev–Trinajstić information content (AvgIpc) is 2.39. The van der Waals surface area contributed by atoms with Crippen LogP contribution >= 0.6 is 11.6 Å². The standard InChI is InChI=1S/C16H24ClFN2/c1-3-4-12(2)16(20-7-5-19-6-8-20)13-9-14(17)11-15(18)10-13/h9-12,16,19H,3-8H2,1-2H3/t12?,16-/m1/s1. The fraction of sp³-hybridized carbons (Fsp3) is 0.625. The maximum Gasteiger partial charge on any atom is 0.125 e. The summed E-state index contributed by atoms with van der Waals surface area (Å²) in [5.41, 5.74) is 1.01. The van der Waals surface area contributed by atoms with Gasteiger partial charge in [-0.3, -0.25) is 4.90 Å². The Morgan fingerprint density at radius 1 is 1.30 bits per heavy atom. The quantitative estimate of drug-likeness (QED) is 0.888. The molecule has 1 aromatic carbocycles. The number of hydrogen-bond donors (Lipinski definition) is 1. The molecule has 1 heterocycles. The van der Waals surface area contributed by atoms with Crippen molar-refractivity contribution in [2.24, 2.45) is 5.92 Å². The molecule has 4 heteroatoms. The second-order valence-electron chi connectivity index (χ2n) is 5.70. The lowest BCUT2D eigenvalue weighted by atomic mass is 9.89. The number of halogens is 2. The van der Waals surface area contributed by atoms with Crippen LogP contribution in [-0.2, 0) is 0 Å². The van der Waals surface area contributed by atoms with Crippen LogP contribution in [0.1, 0.15) is 38.3 Å². The zero-order valence-electron chi connectivity index (χ0n) is 12.3. The van der Waals surface area contributed by atoms with Gasteiger partial charge in [0.1, 0.15) is 5.82 Å². The molecule has 1 aliphatic heterocycles. The van der Waals surface area contributed by atoms with E-state index in [1.807, 2.05) is 6.07 Å². The number of nitrogens with zero attached hydrogens (tertiary/aromatic N) is 1. The van der Waals surface area contributed by atoms with Gasteiger partial charge in [0.25, 0.3) is 0 Å². The van der Waals surface area contributed by atoms with Crippen molar-refractivity contribution in [3.8, 4) is 0 Å². The lowest BCUT2D eigenvalue weighted by Gasteiger charge is -2.38. The molecule has 0 bridgehead atoms. The summed E-state index contributed by atoms with van der Waals surface area (Å²) in [4.78, 5) is 2.46. The van der Waals surface area contributed by atoms with Gasteiger partial charge in [0.15, 0.2) is 0 Å². The van der Waals surface area contributed by atoms with E-state index in [0.717, 1.165) is 44.6 Å². The van der Waals surface area contributed by atoms with Crippen LogP contribution in [0.25, 0.3) is 0 Å². The molecule has 112 valence electrons. The van der Waals surface area contributed by atoms with Gasteiger partial charge >= 0.3 is 0 Å². The summed E-state index contributed by atoms with van der Waals surface area (Å²) in [6, 6.07) is 5.20. The van der Waals surface area contributed by atoms with Gasteiger partial charge in [0.05, 0.1) is 0 Å². The van der Waals surface area contributed by atoms with Crippen LogP contribution in [0.15, 0.2) is 18.2 Å². The first-order valence-corrected chi connectivity index (χ1v) is 7.90. The Labute approximate surface area is 126 Å². The first kappa shape index (κ1) is 15.7. The smallest absolute Gasteiger partial charge is 0.125 e. The normalized spacial score (nSPS) is 19.8. The van der Waals surface area contributed by atoms with E-state index in [0.29, 0.717) is 10.9 Å². The largest absolute Gasteiger partial charge is 0.314 e. The van der Waals surface area contributed by atoms with Crippen molar-refractivity contribution in [3.05, 3.63) is 34.6 Å². The lowest BCUT2D eigenvalue weighted by molar-refractivity contribution is 0.126. The predicted molar refractivity (Wildman–Crippen MR) is 82.7 cm³/mol. The Hall–Kier alpha value is -0.640. The SMILES string of the molecule is CCCC(C)[C@H](c1cc(F)cc(Cl)c1)N1CCNCC1. The highest BCUT2D eigenvalue weighted by atomic mass is 35.5. The summed E-state index contributed by atoms with van der Waals surface area (Å²) in [5, 5.41) is 3.86. The highest BCUT2D eigenvalue weighted by molar-refractivity contribution is 6.30. The van der Waals surface area contributed by atoms with E-state index >= 15 is 0 Å². The van der Waals surface area contributed by atoms with Gasteiger partial charge in [0.2, 0.25) is 0 Å². The molecule has 1 fully saturated rings. The van der Waals surface area contributed by atoms with Gasteiger partial charge in [0, 0.05) is 37.2 Å². The Balaban J connectivity index is 2.28. The summed E-state index contributed by atoms with van der Waals surface area (Å²) in [5.74, 6) is 0.257. The first-order chi connectivity index (χ1) is 9.61. The zero-order valence-corrected chi connectivity index (χ0v) is 13.1. The maximum atomic E-state index is 13.7. The second-order valence-corrected chi connectivity index (χ2v) is 6.14. The topological polar surface area (TPSA) is 15.3 Å². The molecule has 1 aliphatic rings. The number of nitrogens with one attached hydrogen (secondary N) is 1. The van der Waals surface area contributed by atoms with Crippen molar-refractivity contribution < 1.29 is 4.39 Å². The van der Waals surface area contributed by atoms with Crippen LogP contribution in [0, 0.1) is 11.7 Å². The molecule has 0 spiro atoms. The van der Waals surface area contributed by atoms with E-state index in [9.17, 15) is 4.39 Å². The molecule has 2 nitrogen and oxygen atoms in total. The third-order valence-electron chi connectivity index (χ3n) is 4.05. The van der Waals surface area contributed by atoms with Crippen molar-refractivity contribution >= 4 is 11.6 Å². The van der Waals surface area contributed by atoms with E-state index in [1.54, 1.807) is 6.07 Å². The van der Waals surface area contributed by atoms with E-state index in [2.05, 4.69) is 24.1 Å². The average molecular weight is 299 g/mol. The van der Waals surface area contributed by atoms with Gasteiger partial charge < -0.3 is 5.32 Å². The predicted octanol–water partition coefficient (Wildman–Crippen LogP) is 3.86. The van der Waals surface area contributed by atoms with E-state index < -0.39 is 0 Å². The number of rotatable bonds is 5. The van der Waals surface area contributed by atoms with Gasteiger partial charge in [-0.05, 0) is 36.1 Å². The zero-order chi connectivity index (χ0) is 14.5. The molecule has 1 N–H and O–H groups in total. The fourth-order valence-electron chi connectivity index (χ4n) is 3.22. The molecule has 1 saturated heterocycles. The molecule has 2 atom stereocenters. The summed E-state index contributed by atoms with van der Waals surface area (Å²) >= 11 is 6.04. The number of hydrogen-bond acceptors (Lipinski definition) is 2. The minimum absolute atomic E-state index is 0.240. The fourth-order valence-corrected chi connectivity index (χ4v) is 3.45. The third-order valence-corrected chi connectivity index (χ3v) is 4.27. The van der Waals surface area contributed by atoms with Crippen molar-refractivity contribution in [2.75, 3.05) is 26.2 Å². The Kier molecular flexibility index (Phi) is 5.82. The van der Waals surface area contributed by atoms with Crippen LogP contribution in [-0.4, -0.2) is 31.1 Å². The van der Waals surface area contributed by atoms with Crippen molar-refractivity contribution in [1.29, 1.82) is 0 Å². The van der Waals surface area contributed by atoms with Crippen molar-refractivity contribution in [2.45, 2.75) is 32.7 Å². The number of benzene rings is 1. The third kappa shape index (κ3) is 3.94. The molecule has 0 aromatic heterocycles. The first-order valence-electron chi connectivity index (χ1n) is 7.52. The van der Waals surface area contributed by atoms with E-state index in [-0.39, 0.29) is 11.9 Å². The molecule has 20 heavy (non-hydrogen) atoms. The van der Waals surface area contributed by atoms with Gasteiger partial charge in [-0.2, -0.15) is 0 Å². The maximum absolute atomic E-state index is 13.7. The minimum Gasteiger partial charge on any atom is -0.314 e. The summed E-state index contributed by atoms with van der Waals surface area (Å²) in [6.45, 7) is 8.47. The highest BCUT2D eigenvalue weighted by Crippen LogP contribution is 2.33. The van der Waals surface area contributed by atoms with Gasteiger partial charge in [-0.15, -0.1) is 0 Å². The molecule has 2 rings (SSSR count). The van der Waals surface area contributed by atoms with Gasteiger partial charge in [-0.25, -0.2) is 4.39 Å². The second kappa shape index (κ2) is 7.39. The number of piperazine rings is 1. The summed E-state index contributed by atoms with van der Waals surface area (Å²) in [6.07, 6.45) is 2.29. The van der Waals surface area contributed by atoms with Crippen LogP contribution in [0.3, 0.4) is 0 Å². The molecule has 1 unspecified atom stereocenters. The van der Waals surface area contributed by atoms with Crippen molar-refractivity contribution in [1.82, 2.24) is 10.2 Å². The van der Waals surface area contributed by atoms with E-state index in [4.69, 9.17) is 11.6 Å². The molecule has 0 aliphatic carbocycles. The molecule has 1 aromatic rings. The summed E-state index contributed by atoms with van der Waals surface area (Å²) < 4.78 is 13.7. The lowest BCUT2D eigenvalue weighted by Crippen LogP contribution is -2.46. The molecule has 0 amide bonds. The molecular formula is C16H24ClFN2. The van der Waals surface area contributed by atoms with Crippen LogP contribution in [0.2, 0.25) is 5.02 Å². The Bertz CT molecular complexity index is 412. The van der Waals surface area contributed by atoms with Crippen LogP contribution in [0.5, 0.6) is 0 Å². The van der Waals surface area contributed by atoms with Crippen LogP contribution in [0.4, 0.5) is 4.39 Å². The van der Waals surface area contributed by atoms with Crippen molar-refractivity contribution in [3.63, 3.8) is 0 Å². The summed E-state index contributed by atoms with van der Waals surface area (Å²) in [7, 11) is 0. The highest BCUT2D eigenvalue weighted by Gasteiger charge is 2.27. The van der Waals surface area contributed by atoms with Gasteiger partial charge in [-0.1, -0.05) is 31.9 Å². The minimum atomic E-state index is -0.240. The molecule has 0 radical (unpaired) electrons. The van der Waals surface area contributed by atoms with Crippen LogP contribution < -0.4 is 5.32 Å². The molecule has 0 saturated carbocycles. The monoisotopic (exact) mass is 298 g/mol.